The predicted molar refractivity (Wildman–Crippen MR) is 83.4 cm³/mol. The van der Waals surface area contributed by atoms with E-state index in [4.69, 9.17) is 4.74 Å². The lowest BCUT2D eigenvalue weighted by atomic mass is 10.1. The third kappa shape index (κ3) is 4.36. The first-order valence-electron chi connectivity index (χ1n) is 7.67. The maximum Gasteiger partial charge on any atom is 0.350 e. The number of carbonyl (C=O) groups excluding carboxylic acids is 1. The number of ether oxygens (including phenoxy) is 1. The van der Waals surface area contributed by atoms with Crippen LogP contribution in [0.5, 0.6) is 5.06 Å². The minimum Gasteiger partial charge on any atom is -0.412 e. The lowest BCUT2D eigenvalue weighted by Crippen LogP contribution is -2.17. The fraction of sp³-hybridized carbons (Fsp3) is 0.353. The largest absolute Gasteiger partial charge is 0.412 e. The first-order chi connectivity index (χ1) is 11.9. The molecule has 0 atom stereocenters. The van der Waals surface area contributed by atoms with Crippen LogP contribution in [-0.2, 0) is 6.42 Å². The van der Waals surface area contributed by atoms with Crippen molar-refractivity contribution in [3.8, 4) is 5.06 Å². The molecule has 2 aromatic rings. The summed E-state index contributed by atoms with van der Waals surface area (Å²) in [6, 6.07) is 1.51. The molecule has 0 N–H and O–H groups in total. The number of unbranched alkanes of at least 4 members (excludes halogenated alkanes) is 3. The Kier molecular flexibility index (Phi) is 6.52. The van der Waals surface area contributed by atoms with E-state index < -0.39 is 40.6 Å². The Morgan fingerprint density at radius 2 is 1.56 bits per heavy atom. The zero-order valence-corrected chi connectivity index (χ0v) is 14.1. The Balaban J connectivity index is 2.12. The Morgan fingerprint density at radius 1 is 0.960 bits per heavy atom. The second-order valence-corrected chi connectivity index (χ2v) is 6.29. The number of rotatable bonds is 7. The van der Waals surface area contributed by atoms with E-state index in [2.05, 4.69) is 6.92 Å². The van der Waals surface area contributed by atoms with Crippen molar-refractivity contribution in [3.05, 3.63) is 51.7 Å². The highest BCUT2D eigenvalue weighted by molar-refractivity contribution is 7.12. The monoisotopic (exact) mass is 378 g/mol. The van der Waals surface area contributed by atoms with Crippen LogP contribution in [0.3, 0.4) is 0 Å². The zero-order valence-electron chi connectivity index (χ0n) is 13.3. The van der Waals surface area contributed by atoms with Crippen molar-refractivity contribution in [2.75, 3.05) is 0 Å². The number of hydrogen-bond acceptors (Lipinski definition) is 3. The maximum absolute atomic E-state index is 13.6. The summed E-state index contributed by atoms with van der Waals surface area (Å²) >= 11 is 1.01. The average molecular weight is 378 g/mol. The first-order valence-corrected chi connectivity index (χ1v) is 8.55. The van der Waals surface area contributed by atoms with Crippen molar-refractivity contribution in [2.45, 2.75) is 39.0 Å². The van der Waals surface area contributed by atoms with Crippen LogP contribution in [0.2, 0.25) is 0 Å². The van der Waals surface area contributed by atoms with E-state index in [9.17, 15) is 26.7 Å². The Morgan fingerprint density at radius 3 is 2.16 bits per heavy atom. The molecule has 0 radical (unpaired) electrons. The molecule has 1 heterocycles. The number of halogens is 5. The van der Waals surface area contributed by atoms with Crippen molar-refractivity contribution in [2.24, 2.45) is 0 Å². The summed E-state index contributed by atoms with van der Waals surface area (Å²) in [6.45, 7) is 2.08. The summed E-state index contributed by atoms with van der Waals surface area (Å²) in [7, 11) is 0. The second kappa shape index (κ2) is 8.42. The van der Waals surface area contributed by atoms with E-state index in [1.54, 1.807) is 5.38 Å². The number of thiophene rings is 1. The second-order valence-electron chi connectivity index (χ2n) is 5.42. The van der Waals surface area contributed by atoms with E-state index in [1.165, 1.54) is 6.07 Å². The summed E-state index contributed by atoms with van der Waals surface area (Å²) < 4.78 is 71.2. The van der Waals surface area contributed by atoms with Gasteiger partial charge in [0.1, 0.15) is 5.56 Å². The van der Waals surface area contributed by atoms with Gasteiger partial charge in [-0.3, -0.25) is 0 Å². The standard InChI is InChI=1S/C17H15F5O2S/c1-2-3-4-5-6-9-7-10(25-8-9)24-17(23)11-12(18)14(20)16(22)15(21)13(11)19/h7-8H,2-6H2,1H3. The van der Waals surface area contributed by atoms with Gasteiger partial charge in [0, 0.05) is 0 Å². The first kappa shape index (κ1) is 19.4. The fourth-order valence-corrected chi connectivity index (χ4v) is 3.02. The van der Waals surface area contributed by atoms with Gasteiger partial charge >= 0.3 is 5.97 Å². The Bertz CT molecular complexity index is 744. The lowest BCUT2D eigenvalue weighted by Gasteiger charge is -2.07. The topological polar surface area (TPSA) is 26.3 Å². The van der Waals surface area contributed by atoms with Gasteiger partial charge in [0.05, 0.1) is 0 Å². The van der Waals surface area contributed by atoms with Crippen LogP contribution in [0.15, 0.2) is 11.4 Å². The molecule has 0 amide bonds. The van der Waals surface area contributed by atoms with E-state index >= 15 is 0 Å². The van der Waals surface area contributed by atoms with Gasteiger partial charge in [-0.25, -0.2) is 26.7 Å². The van der Waals surface area contributed by atoms with E-state index in [0.29, 0.717) is 0 Å². The molecular formula is C17H15F5O2S. The highest BCUT2D eigenvalue weighted by Crippen LogP contribution is 2.28. The molecule has 2 nitrogen and oxygen atoms in total. The molecular weight excluding hydrogens is 363 g/mol. The summed E-state index contributed by atoms with van der Waals surface area (Å²) in [6.07, 6.45) is 4.93. The molecule has 0 saturated heterocycles. The zero-order chi connectivity index (χ0) is 18.6. The van der Waals surface area contributed by atoms with Crippen LogP contribution in [0.25, 0.3) is 0 Å². The third-order valence-corrected chi connectivity index (χ3v) is 4.41. The average Bonchev–Trinajstić information content (AvgIpc) is 3.02. The Hall–Kier alpha value is -1.96. The number of esters is 1. The third-order valence-electron chi connectivity index (χ3n) is 3.56. The molecule has 0 unspecified atom stereocenters. The molecule has 0 aliphatic heterocycles. The maximum atomic E-state index is 13.6. The lowest BCUT2D eigenvalue weighted by molar-refractivity contribution is 0.0727. The van der Waals surface area contributed by atoms with Crippen LogP contribution in [0, 0.1) is 29.1 Å². The quantitative estimate of drug-likeness (QED) is 0.201. The minimum atomic E-state index is -2.32. The van der Waals surface area contributed by atoms with Gasteiger partial charge in [0.25, 0.3) is 0 Å². The molecule has 1 aromatic heterocycles. The van der Waals surface area contributed by atoms with Crippen molar-refractivity contribution in [1.82, 2.24) is 0 Å². The van der Waals surface area contributed by atoms with Gasteiger partial charge in [-0.2, -0.15) is 0 Å². The number of hydrogen-bond donors (Lipinski definition) is 0. The van der Waals surface area contributed by atoms with Crippen LogP contribution in [-0.4, -0.2) is 5.97 Å². The van der Waals surface area contributed by atoms with Gasteiger partial charge in [0.2, 0.25) is 5.82 Å². The minimum absolute atomic E-state index is 0.0273. The fourth-order valence-electron chi connectivity index (χ4n) is 2.22. The van der Waals surface area contributed by atoms with Gasteiger partial charge < -0.3 is 4.74 Å². The van der Waals surface area contributed by atoms with Gasteiger partial charge in [-0.1, -0.05) is 26.2 Å². The molecule has 0 aliphatic carbocycles. The molecule has 8 heteroatoms. The van der Waals surface area contributed by atoms with Crippen molar-refractivity contribution >= 4 is 17.3 Å². The van der Waals surface area contributed by atoms with Gasteiger partial charge in [0.15, 0.2) is 28.3 Å². The highest BCUT2D eigenvalue weighted by atomic mass is 32.1. The molecule has 136 valence electrons. The van der Waals surface area contributed by atoms with Crippen LogP contribution >= 0.6 is 11.3 Å². The summed E-state index contributed by atoms with van der Waals surface area (Å²) in [5, 5.41) is 1.74. The molecule has 0 bridgehead atoms. The van der Waals surface area contributed by atoms with E-state index in [-0.39, 0.29) is 5.06 Å². The molecule has 0 fully saturated rings. The summed E-state index contributed by atoms with van der Waals surface area (Å²) in [4.78, 5) is 11.8. The van der Waals surface area contributed by atoms with E-state index in [0.717, 1.165) is 49.0 Å². The molecule has 0 saturated carbocycles. The smallest absolute Gasteiger partial charge is 0.350 e. The normalized spacial score (nSPS) is 11.0. The predicted octanol–water partition coefficient (Wildman–Crippen LogP) is 5.79. The van der Waals surface area contributed by atoms with Crippen molar-refractivity contribution < 1.29 is 31.5 Å². The van der Waals surface area contributed by atoms with Crippen molar-refractivity contribution in [3.63, 3.8) is 0 Å². The molecule has 0 aliphatic rings. The summed E-state index contributed by atoms with van der Waals surface area (Å²) in [5.41, 5.74) is -0.726. The SMILES string of the molecule is CCCCCCc1csc(OC(=O)c2c(F)c(F)c(F)c(F)c2F)c1. The van der Waals surface area contributed by atoms with E-state index in [1.807, 2.05) is 0 Å². The van der Waals surface area contributed by atoms with Crippen molar-refractivity contribution in [1.29, 1.82) is 0 Å². The molecule has 0 spiro atoms. The van der Waals surface area contributed by atoms with Gasteiger partial charge in [-0.15, -0.1) is 11.3 Å². The number of aryl methyl sites for hydroxylation is 1. The van der Waals surface area contributed by atoms with Crippen LogP contribution in [0.1, 0.15) is 48.5 Å². The Labute approximate surface area is 145 Å². The molecule has 1 aromatic carbocycles. The summed E-state index contributed by atoms with van der Waals surface area (Å²) in [5.74, 6) is -12.7. The number of benzene rings is 1. The molecule has 25 heavy (non-hydrogen) atoms. The molecule has 2 rings (SSSR count). The number of carbonyl (C=O) groups is 1. The van der Waals surface area contributed by atoms with Gasteiger partial charge in [-0.05, 0) is 29.9 Å². The van der Waals surface area contributed by atoms with Crippen LogP contribution < -0.4 is 4.74 Å². The highest BCUT2D eigenvalue weighted by Gasteiger charge is 2.31. The van der Waals surface area contributed by atoms with Crippen LogP contribution in [0.4, 0.5) is 22.0 Å².